The minimum atomic E-state index is -1.20. The first-order valence-electron chi connectivity index (χ1n) is 12.1. The summed E-state index contributed by atoms with van der Waals surface area (Å²) in [6, 6.07) is 0. The van der Waals surface area contributed by atoms with E-state index in [-0.39, 0.29) is 40.9 Å². The molecule has 0 amide bonds. The number of hydrogen-bond acceptors (Lipinski definition) is 7. The average molecular weight is 535 g/mol. The van der Waals surface area contributed by atoms with E-state index in [1.807, 2.05) is 19.9 Å². The fourth-order valence-corrected chi connectivity index (χ4v) is 9.52. The summed E-state index contributed by atoms with van der Waals surface area (Å²) in [7, 11) is 0. The highest BCUT2D eigenvalue weighted by molar-refractivity contribution is 9.09. The molecule has 6 rings (SSSR count). The van der Waals surface area contributed by atoms with E-state index in [1.165, 1.54) is 6.92 Å². The van der Waals surface area contributed by atoms with Crippen LogP contribution < -0.4 is 0 Å². The molecule has 34 heavy (non-hydrogen) atoms. The van der Waals surface area contributed by atoms with Gasteiger partial charge in [-0.25, -0.2) is 0 Å². The lowest BCUT2D eigenvalue weighted by molar-refractivity contribution is -0.212. The average Bonchev–Trinajstić information content (AvgIpc) is 3.32. The first-order chi connectivity index (χ1) is 15.8. The highest BCUT2D eigenvalue weighted by Gasteiger charge is 2.85. The topological polar surface area (TPSA) is 91.4 Å². The van der Waals surface area contributed by atoms with Crippen LogP contribution >= 0.6 is 15.9 Å². The molecule has 2 heterocycles. The Hall–Kier alpha value is -1.35. The zero-order chi connectivity index (χ0) is 24.5. The molecule has 184 valence electrons. The molecule has 9 atom stereocenters. The maximum atomic E-state index is 13.8. The normalized spacial score (nSPS) is 51.4. The Morgan fingerprint density at radius 3 is 2.56 bits per heavy atom. The van der Waals surface area contributed by atoms with Gasteiger partial charge in [0, 0.05) is 22.6 Å². The molecule has 4 aliphatic carbocycles. The summed E-state index contributed by atoms with van der Waals surface area (Å²) in [4.78, 5) is 37.5. The first-order valence-corrected chi connectivity index (χ1v) is 13.0. The minimum absolute atomic E-state index is 0.0130. The lowest BCUT2D eigenvalue weighted by Crippen LogP contribution is -2.64. The third kappa shape index (κ3) is 2.56. The summed E-state index contributed by atoms with van der Waals surface area (Å²) >= 11 is 3.88. The fourth-order valence-electron chi connectivity index (χ4n) is 8.51. The predicted molar refractivity (Wildman–Crippen MR) is 124 cm³/mol. The van der Waals surface area contributed by atoms with Crippen molar-refractivity contribution >= 4 is 33.5 Å². The molecule has 6 aliphatic rings. The molecule has 0 N–H and O–H groups in total. The Morgan fingerprint density at radius 1 is 1.12 bits per heavy atom. The predicted octanol–water partition coefficient (Wildman–Crippen LogP) is 3.43. The standard InChI is InChI=1S/C26H31BrO7/c1-13(28)31-12-19(30)26-20(32-22(2,3)34-26)10-15-16-9-18(27)17-8-14(29)6-7-23(17,4)25(16)21(33-25)11-24(15,26)5/h6-8,15-16,18,20-21H,9-12H2,1-5H3/t15-,16?,18?,20?,21+,23-,24-,25-,26+/m0/s1. The van der Waals surface area contributed by atoms with Gasteiger partial charge in [0.1, 0.15) is 5.60 Å². The molecule has 0 aromatic heterocycles. The van der Waals surface area contributed by atoms with E-state index in [0.29, 0.717) is 12.8 Å². The lowest BCUT2D eigenvalue weighted by atomic mass is 9.46. The third-order valence-corrected chi connectivity index (χ3v) is 10.6. The van der Waals surface area contributed by atoms with Gasteiger partial charge in [-0.1, -0.05) is 28.9 Å². The van der Waals surface area contributed by atoms with Gasteiger partial charge in [0.25, 0.3) is 0 Å². The van der Waals surface area contributed by atoms with Crippen molar-refractivity contribution in [1.82, 2.24) is 0 Å². The van der Waals surface area contributed by atoms with E-state index in [4.69, 9.17) is 18.9 Å². The fraction of sp³-hybridized carbons (Fsp3) is 0.731. The van der Waals surface area contributed by atoms with Crippen LogP contribution in [0.3, 0.4) is 0 Å². The number of carbonyl (C=O) groups is 3. The molecule has 0 aromatic rings. The van der Waals surface area contributed by atoms with E-state index >= 15 is 0 Å². The molecule has 1 spiro atoms. The second-order valence-electron chi connectivity index (χ2n) is 11.8. The van der Waals surface area contributed by atoms with Crippen LogP contribution in [0.2, 0.25) is 0 Å². The maximum Gasteiger partial charge on any atom is 0.303 e. The number of ketones is 2. The van der Waals surface area contributed by atoms with Crippen LogP contribution in [0, 0.1) is 22.7 Å². The second kappa shape index (κ2) is 6.69. The van der Waals surface area contributed by atoms with E-state index < -0.39 is 39.9 Å². The molecule has 3 unspecified atom stereocenters. The van der Waals surface area contributed by atoms with Gasteiger partial charge < -0.3 is 18.9 Å². The Kier molecular flexibility index (Phi) is 4.54. The molecule has 0 aromatic carbocycles. The summed E-state index contributed by atoms with van der Waals surface area (Å²) < 4.78 is 24.7. The van der Waals surface area contributed by atoms with Crippen molar-refractivity contribution in [3.05, 3.63) is 23.8 Å². The van der Waals surface area contributed by atoms with Crippen molar-refractivity contribution in [2.45, 2.75) is 87.9 Å². The van der Waals surface area contributed by atoms with Crippen molar-refractivity contribution in [3.8, 4) is 0 Å². The number of halogens is 1. The molecule has 7 nitrogen and oxygen atoms in total. The Bertz CT molecular complexity index is 1080. The number of hydrogen-bond donors (Lipinski definition) is 0. The number of fused-ring (bicyclic) bond motifs is 5. The Labute approximate surface area is 207 Å². The zero-order valence-corrected chi connectivity index (χ0v) is 21.8. The quantitative estimate of drug-likeness (QED) is 0.311. The Balaban J connectivity index is 1.43. The number of rotatable bonds is 3. The number of epoxide rings is 1. The largest absolute Gasteiger partial charge is 0.458 e. The van der Waals surface area contributed by atoms with Gasteiger partial charge in [-0.15, -0.1) is 0 Å². The van der Waals surface area contributed by atoms with Crippen molar-refractivity contribution < 1.29 is 33.3 Å². The summed E-state index contributed by atoms with van der Waals surface area (Å²) in [6.45, 7) is 8.96. The smallest absolute Gasteiger partial charge is 0.303 e. The summed E-state index contributed by atoms with van der Waals surface area (Å²) in [5.74, 6) is -1.37. The monoisotopic (exact) mass is 534 g/mol. The van der Waals surface area contributed by atoms with Gasteiger partial charge >= 0.3 is 5.97 Å². The van der Waals surface area contributed by atoms with Gasteiger partial charge in [0.2, 0.25) is 5.78 Å². The summed E-state index contributed by atoms with van der Waals surface area (Å²) in [6.07, 6.45) is 7.10. The molecule has 0 radical (unpaired) electrons. The van der Waals surface area contributed by atoms with Crippen LogP contribution in [0.15, 0.2) is 23.8 Å². The zero-order valence-electron chi connectivity index (χ0n) is 20.2. The molecule has 2 aliphatic heterocycles. The van der Waals surface area contributed by atoms with Gasteiger partial charge in [-0.3, -0.25) is 14.4 Å². The van der Waals surface area contributed by atoms with Crippen molar-refractivity contribution in [2.75, 3.05) is 6.61 Å². The van der Waals surface area contributed by atoms with E-state index in [0.717, 1.165) is 12.0 Å². The van der Waals surface area contributed by atoms with E-state index in [2.05, 4.69) is 29.8 Å². The van der Waals surface area contributed by atoms with Gasteiger partial charge in [0.15, 0.2) is 23.8 Å². The van der Waals surface area contributed by atoms with Crippen molar-refractivity contribution in [1.29, 1.82) is 0 Å². The third-order valence-electron chi connectivity index (χ3n) is 9.73. The van der Waals surface area contributed by atoms with Crippen LogP contribution in [0.1, 0.15) is 53.9 Å². The van der Waals surface area contributed by atoms with Crippen molar-refractivity contribution in [2.24, 2.45) is 22.7 Å². The summed E-state index contributed by atoms with van der Waals surface area (Å²) in [5, 5.41) is 0. The highest BCUT2D eigenvalue weighted by atomic mass is 79.9. The van der Waals surface area contributed by atoms with Crippen LogP contribution in [0.5, 0.6) is 0 Å². The lowest BCUT2D eigenvalue weighted by Gasteiger charge is -2.57. The molecule has 8 heteroatoms. The van der Waals surface area contributed by atoms with E-state index in [9.17, 15) is 14.4 Å². The van der Waals surface area contributed by atoms with Gasteiger partial charge in [-0.2, -0.15) is 0 Å². The van der Waals surface area contributed by atoms with Crippen molar-refractivity contribution in [3.63, 3.8) is 0 Å². The number of allylic oxidation sites excluding steroid dienone is 2. The molecule has 3 saturated carbocycles. The molecular weight excluding hydrogens is 504 g/mol. The van der Waals surface area contributed by atoms with Crippen LogP contribution in [-0.2, 0) is 33.3 Å². The molecule has 5 fully saturated rings. The van der Waals surface area contributed by atoms with Gasteiger partial charge in [-0.05, 0) is 69.6 Å². The van der Waals surface area contributed by atoms with Crippen LogP contribution in [-0.4, -0.2) is 58.2 Å². The number of ether oxygens (including phenoxy) is 4. The van der Waals surface area contributed by atoms with E-state index in [1.54, 1.807) is 12.2 Å². The number of esters is 1. The number of Topliss-reactive ketones (excluding diaryl/α,β-unsaturated/α-hetero) is 1. The number of alkyl halides is 1. The first kappa shape index (κ1) is 23.1. The number of carbonyl (C=O) groups excluding carboxylic acids is 3. The summed E-state index contributed by atoms with van der Waals surface area (Å²) in [5.41, 5.74) is -1.46. The van der Waals surface area contributed by atoms with Gasteiger partial charge in [0.05, 0.1) is 12.2 Å². The minimum Gasteiger partial charge on any atom is -0.458 e. The molecule has 2 saturated heterocycles. The second-order valence-corrected chi connectivity index (χ2v) is 12.9. The van der Waals surface area contributed by atoms with Crippen LogP contribution in [0.4, 0.5) is 0 Å². The maximum absolute atomic E-state index is 13.8. The Morgan fingerprint density at radius 2 is 1.85 bits per heavy atom. The molecule has 0 bridgehead atoms. The van der Waals surface area contributed by atoms with Crippen LogP contribution in [0.25, 0.3) is 0 Å². The molecular formula is C26H31BrO7. The SMILES string of the molecule is CC(=O)OCC(=O)[C@@]12OC(C)(C)OC1C[C@H]1C3CC(Br)C4=CC(=O)C=C[C@]4(C)[C@]34O[C@@H]4C[C@@]12C. The highest BCUT2D eigenvalue weighted by Crippen LogP contribution is 2.77.